The smallest absolute Gasteiger partial charge is 0.309 e. The second-order valence-corrected chi connectivity index (χ2v) is 29.9. The first-order chi connectivity index (χ1) is 21.3. The maximum Gasteiger partial charge on any atom is 0.309 e. The van der Waals surface area contributed by atoms with E-state index in [1.54, 1.807) is 11.3 Å². The van der Waals surface area contributed by atoms with Gasteiger partial charge >= 0.3 is 5.97 Å². The zero-order valence-corrected chi connectivity index (χ0v) is 36.4. The van der Waals surface area contributed by atoms with Crippen LogP contribution in [0.3, 0.4) is 0 Å². The van der Waals surface area contributed by atoms with E-state index in [2.05, 4.69) is 137 Å². The van der Waals surface area contributed by atoms with Gasteiger partial charge in [0.1, 0.15) is 6.10 Å². The van der Waals surface area contributed by atoms with Crippen molar-refractivity contribution in [2.75, 3.05) is 0 Å². The van der Waals surface area contributed by atoms with Crippen LogP contribution in [-0.2, 0) is 18.4 Å². The topological polar surface area (TPSA) is 57.7 Å². The molecule has 0 N–H and O–H groups in total. The highest BCUT2D eigenvalue weighted by Gasteiger charge is 2.47. The fourth-order valence-corrected chi connectivity index (χ4v) is 10.5. The van der Waals surface area contributed by atoms with Crippen molar-refractivity contribution in [1.82, 2.24) is 4.98 Å². The molecule has 0 saturated heterocycles. The van der Waals surface area contributed by atoms with Crippen LogP contribution in [0.2, 0.25) is 36.3 Å². The first kappa shape index (κ1) is 42.2. The van der Waals surface area contributed by atoms with Gasteiger partial charge in [-0.25, -0.2) is 4.98 Å². The quantitative estimate of drug-likeness (QED) is 0.166. The van der Waals surface area contributed by atoms with Crippen LogP contribution in [0.5, 0.6) is 0 Å². The highest BCUT2D eigenvalue weighted by molar-refractivity contribution is 8.01. The molecule has 0 spiro atoms. The number of aromatic nitrogens is 1. The van der Waals surface area contributed by atoms with Crippen LogP contribution in [0.1, 0.15) is 113 Å². The molecule has 1 aliphatic rings. The zero-order chi connectivity index (χ0) is 36.2. The number of nitrogens with zero attached hydrogens (tertiary/aromatic N) is 1. The molecular formula is C38H67NO4S2Si2. The number of carbonyl (C=O) groups excluding carboxylic acids is 1. The second-order valence-electron chi connectivity index (χ2n) is 17.3. The summed E-state index contributed by atoms with van der Waals surface area (Å²) in [6, 6.07) is 0. The summed E-state index contributed by atoms with van der Waals surface area (Å²) in [7, 11) is -4.29. The lowest BCUT2D eigenvalue weighted by Gasteiger charge is -2.46. The number of carbonyl (C=O) groups is 1. The van der Waals surface area contributed by atoms with Crippen LogP contribution in [0.15, 0.2) is 34.8 Å². The highest BCUT2D eigenvalue weighted by Crippen LogP contribution is 2.45. The third kappa shape index (κ3) is 12.4. The Morgan fingerprint density at radius 3 is 2.13 bits per heavy atom. The van der Waals surface area contributed by atoms with Crippen LogP contribution < -0.4 is 0 Å². The predicted octanol–water partition coefficient (Wildman–Crippen LogP) is 11.8. The maximum absolute atomic E-state index is 14.0. The molecular weight excluding hydrogens is 655 g/mol. The fourth-order valence-electron chi connectivity index (χ4n) is 5.16. The van der Waals surface area contributed by atoms with E-state index in [4.69, 9.17) is 13.6 Å². The van der Waals surface area contributed by atoms with Crippen molar-refractivity contribution in [1.29, 1.82) is 0 Å². The molecule has 0 amide bonds. The zero-order valence-electron chi connectivity index (χ0n) is 32.8. The summed E-state index contributed by atoms with van der Waals surface area (Å²) in [6.45, 7) is 38.2. The molecule has 2 heterocycles. The third-order valence-corrected chi connectivity index (χ3v) is 21.7. The summed E-state index contributed by atoms with van der Waals surface area (Å²) in [6.07, 6.45) is 9.91. The van der Waals surface area contributed by atoms with Crippen LogP contribution in [0, 0.1) is 12.8 Å². The summed E-state index contributed by atoms with van der Waals surface area (Å²) in [5, 5.41) is 3.35. The van der Waals surface area contributed by atoms with E-state index in [1.165, 1.54) is 5.57 Å². The number of allylic oxidation sites excluding steroid dienone is 2. The molecule has 0 aromatic carbocycles. The summed E-state index contributed by atoms with van der Waals surface area (Å²) in [5.41, 5.74) is 3.15. The molecule has 0 saturated carbocycles. The number of thiazole rings is 1. The normalized spacial score (nSPS) is 26.6. The van der Waals surface area contributed by atoms with E-state index in [1.807, 2.05) is 25.6 Å². The minimum Gasteiger partial charge on any atom is -0.457 e. The number of thioether (sulfide) groups is 1. The molecule has 47 heavy (non-hydrogen) atoms. The van der Waals surface area contributed by atoms with Gasteiger partial charge < -0.3 is 13.6 Å². The number of esters is 1. The molecule has 0 radical (unpaired) electrons. The molecule has 2 rings (SSSR count). The Morgan fingerprint density at radius 2 is 1.60 bits per heavy atom. The Kier molecular flexibility index (Phi) is 14.7. The van der Waals surface area contributed by atoms with Crippen molar-refractivity contribution in [3.63, 3.8) is 0 Å². The van der Waals surface area contributed by atoms with E-state index in [0.717, 1.165) is 22.7 Å². The molecule has 1 aromatic rings. The molecule has 0 aliphatic carbocycles. The number of ether oxygens (including phenoxy) is 1. The number of rotatable bonds is 6. The molecule has 1 aromatic heterocycles. The Labute approximate surface area is 299 Å². The van der Waals surface area contributed by atoms with Gasteiger partial charge in [-0.05, 0) is 89.0 Å². The largest absolute Gasteiger partial charge is 0.457 e. The van der Waals surface area contributed by atoms with Crippen molar-refractivity contribution in [3.05, 3.63) is 45.5 Å². The Morgan fingerprint density at radius 1 is 1.02 bits per heavy atom. The van der Waals surface area contributed by atoms with Gasteiger partial charge in [0, 0.05) is 27.7 Å². The molecule has 1 aliphatic heterocycles. The van der Waals surface area contributed by atoms with Crippen molar-refractivity contribution in [2.45, 2.75) is 174 Å². The van der Waals surface area contributed by atoms with Crippen molar-refractivity contribution >= 4 is 51.8 Å². The van der Waals surface area contributed by atoms with Gasteiger partial charge in [0.2, 0.25) is 0 Å². The molecule has 0 fully saturated rings. The van der Waals surface area contributed by atoms with Crippen molar-refractivity contribution < 1.29 is 18.4 Å². The molecule has 5 atom stereocenters. The number of hydrogen-bond donors (Lipinski definition) is 0. The minimum absolute atomic E-state index is 0.00164. The molecule has 268 valence electrons. The molecule has 9 heteroatoms. The van der Waals surface area contributed by atoms with Gasteiger partial charge in [0.25, 0.3) is 0 Å². The lowest BCUT2D eigenvalue weighted by atomic mass is 9.99. The van der Waals surface area contributed by atoms with E-state index < -0.39 is 16.6 Å². The summed E-state index contributed by atoms with van der Waals surface area (Å²) in [5.74, 6) is 0.00933. The minimum atomic E-state index is -2.23. The van der Waals surface area contributed by atoms with Gasteiger partial charge in [-0.3, -0.25) is 4.79 Å². The Hall–Kier alpha value is -0.976. The third-order valence-electron chi connectivity index (χ3n) is 10.4. The van der Waals surface area contributed by atoms with Crippen molar-refractivity contribution in [2.24, 2.45) is 5.92 Å². The van der Waals surface area contributed by atoms with Gasteiger partial charge in [0.15, 0.2) is 16.6 Å². The monoisotopic (exact) mass is 721 g/mol. The number of cyclic esters (lactones) is 1. The average Bonchev–Trinajstić information content (AvgIpc) is 3.30. The maximum atomic E-state index is 14.0. The van der Waals surface area contributed by atoms with E-state index >= 15 is 0 Å². The summed E-state index contributed by atoms with van der Waals surface area (Å²) < 4.78 is 20.3. The van der Waals surface area contributed by atoms with E-state index in [9.17, 15) is 4.79 Å². The molecule has 5 nitrogen and oxygen atoms in total. The first-order valence-corrected chi connectivity index (χ1v) is 25.0. The highest BCUT2D eigenvalue weighted by atomic mass is 32.2. The SMILES string of the molecule is CC1=CC[C@@H](C(C)=Cc2csc(C)n2)OC(=O)C[C@@H](O[Si](C)(C)C(C)(C)C)C(C)(C)S[C@H](C)[C@@H](O[Si](C)(C)C(C)(C)C)[C@@H](C)C=CC1. The molecule has 0 unspecified atom stereocenters. The standard InChI is InChI=1S/C38H67NO4S2Si2/c1-26-19-18-20-27(2)35(43-47(16,17)37(9,10)11)29(4)45-38(12,13)33(42-46(14,15)36(6,7)8)24-34(40)41-32(22-21-26)28(3)23-31-25-44-30(5)39-31/h18,20-21,23,25,27,29,32-33,35H,19,22,24H2,1-17H3/t27-,29+,32-,33+,35-/m0/s1. The Bertz CT molecular complexity index is 1280. The second kappa shape index (κ2) is 16.4. The van der Waals surface area contributed by atoms with Gasteiger partial charge in [-0.1, -0.05) is 79.2 Å². The average molecular weight is 722 g/mol. The van der Waals surface area contributed by atoms with Crippen LogP contribution >= 0.6 is 23.1 Å². The number of hydrogen-bond acceptors (Lipinski definition) is 7. The fraction of sp³-hybridized carbons (Fsp3) is 0.737. The van der Waals surface area contributed by atoms with Gasteiger partial charge in [-0.2, -0.15) is 0 Å². The van der Waals surface area contributed by atoms with Crippen LogP contribution in [0.25, 0.3) is 6.08 Å². The number of aryl methyl sites for hydroxylation is 1. The van der Waals surface area contributed by atoms with E-state index in [0.29, 0.717) is 6.42 Å². The van der Waals surface area contributed by atoms with Crippen LogP contribution in [-0.4, -0.2) is 55.9 Å². The van der Waals surface area contributed by atoms with Crippen molar-refractivity contribution in [3.8, 4) is 0 Å². The summed E-state index contributed by atoms with van der Waals surface area (Å²) >= 11 is 3.52. The van der Waals surface area contributed by atoms with E-state index in [-0.39, 0.29) is 56.7 Å². The van der Waals surface area contributed by atoms with Gasteiger partial charge in [-0.15, -0.1) is 23.1 Å². The first-order valence-electron chi connectivity index (χ1n) is 17.4. The summed E-state index contributed by atoms with van der Waals surface area (Å²) in [4.78, 5) is 18.6. The van der Waals surface area contributed by atoms with Crippen LogP contribution in [0.4, 0.5) is 0 Å². The lowest BCUT2D eigenvalue weighted by molar-refractivity contribution is -0.149. The predicted molar refractivity (Wildman–Crippen MR) is 212 cm³/mol. The van der Waals surface area contributed by atoms with Gasteiger partial charge in [0.05, 0.1) is 29.3 Å². The molecule has 0 bridgehead atoms. The Balaban J connectivity index is 2.63. The lowest BCUT2D eigenvalue weighted by Crippen LogP contribution is -2.52.